The fraction of sp³-hybridized carbons (Fsp3) is 0.857. The molecule has 1 N–H and O–H groups in total. The normalized spacial score (nSPS) is 40.2. The lowest BCUT2D eigenvalue weighted by atomic mass is 10.0. The zero-order chi connectivity index (χ0) is 7.14. The van der Waals surface area contributed by atoms with Crippen molar-refractivity contribution < 1.29 is 9.90 Å². The minimum absolute atomic E-state index is 0. The van der Waals surface area contributed by atoms with Gasteiger partial charge in [-0.3, -0.25) is 9.69 Å². The number of piperidine rings is 1. The van der Waals surface area contributed by atoms with E-state index in [1.165, 1.54) is 6.42 Å². The van der Waals surface area contributed by atoms with Crippen LogP contribution in [-0.4, -0.2) is 35.1 Å². The van der Waals surface area contributed by atoms with Crippen molar-refractivity contribution in [1.29, 1.82) is 0 Å². The van der Waals surface area contributed by atoms with Crippen LogP contribution >= 0.6 is 12.4 Å². The summed E-state index contributed by atoms with van der Waals surface area (Å²) in [6, 6.07) is -0.154. The second-order valence-electron chi connectivity index (χ2n) is 3.24. The van der Waals surface area contributed by atoms with Crippen LogP contribution in [0.4, 0.5) is 0 Å². The average Bonchev–Trinajstić information content (AvgIpc) is 2.44. The lowest BCUT2D eigenvalue weighted by Gasteiger charge is -2.19. The predicted molar refractivity (Wildman–Crippen MR) is 43.0 cm³/mol. The maximum atomic E-state index is 10.5. The van der Waals surface area contributed by atoms with Crippen molar-refractivity contribution in [3.05, 3.63) is 0 Å². The van der Waals surface area contributed by atoms with Crippen LogP contribution in [0.2, 0.25) is 0 Å². The molecule has 2 heterocycles. The number of rotatable bonds is 1. The molecule has 3 unspecified atom stereocenters. The van der Waals surface area contributed by atoms with Gasteiger partial charge in [0, 0.05) is 6.54 Å². The zero-order valence-corrected chi connectivity index (χ0v) is 7.01. The number of aliphatic carboxylic acids is 1. The van der Waals surface area contributed by atoms with E-state index in [1.54, 1.807) is 0 Å². The van der Waals surface area contributed by atoms with Crippen molar-refractivity contribution in [1.82, 2.24) is 4.90 Å². The fourth-order valence-corrected chi connectivity index (χ4v) is 2.06. The highest BCUT2D eigenvalue weighted by molar-refractivity contribution is 5.85. The Hall–Kier alpha value is -0.280. The van der Waals surface area contributed by atoms with Gasteiger partial charge >= 0.3 is 5.97 Å². The molecule has 2 fully saturated rings. The Morgan fingerprint density at radius 2 is 2.27 bits per heavy atom. The van der Waals surface area contributed by atoms with Crippen molar-refractivity contribution >= 4 is 18.4 Å². The zero-order valence-electron chi connectivity index (χ0n) is 6.19. The van der Waals surface area contributed by atoms with Crippen LogP contribution in [0.3, 0.4) is 0 Å². The van der Waals surface area contributed by atoms with E-state index in [0.717, 1.165) is 19.5 Å². The molecule has 11 heavy (non-hydrogen) atoms. The molecule has 3 nitrogen and oxygen atoms in total. The second-order valence-corrected chi connectivity index (χ2v) is 3.24. The molecule has 2 rings (SSSR count). The number of hydrogen-bond donors (Lipinski definition) is 1. The number of carboxylic acid groups (broad SMARTS) is 1. The number of carboxylic acids is 1. The maximum Gasteiger partial charge on any atom is 0.320 e. The monoisotopic (exact) mass is 177 g/mol. The molecule has 0 aliphatic carbocycles. The Morgan fingerprint density at radius 1 is 1.55 bits per heavy atom. The van der Waals surface area contributed by atoms with Gasteiger partial charge in [0.1, 0.15) is 6.04 Å². The molecular formula is C7H12ClNO2. The van der Waals surface area contributed by atoms with Gasteiger partial charge in [0.05, 0.1) is 0 Å². The van der Waals surface area contributed by atoms with E-state index in [2.05, 4.69) is 4.90 Å². The highest BCUT2D eigenvalue weighted by atomic mass is 35.5. The number of hydrogen-bond acceptors (Lipinski definition) is 2. The summed E-state index contributed by atoms with van der Waals surface area (Å²) in [5, 5.41) is 8.69. The quantitative estimate of drug-likeness (QED) is 0.638. The van der Waals surface area contributed by atoms with Crippen molar-refractivity contribution in [3.8, 4) is 0 Å². The molecule has 0 aromatic carbocycles. The van der Waals surface area contributed by atoms with Crippen molar-refractivity contribution in [2.75, 3.05) is 13.1 Å². The van der Waals surface area contributed by atoms with Gasteiger partial charge in [-0.15, -0.1) is 12.4 Å². The Kier molecular flexibility index (Phi) is 2.40. The molecule has 2 aliphatic rings. The third kappa shape index (κ3) is 1.35. The standard InChI is InChI=1S/C7H11NO2.ClH/c9-7(10)6-3-5-1-2-8(6)4-5;/h5-6H,1-4H2,(H,9,10);1H. The molecule has 3 atom stereocenters. The Morgan fingerprint density at radius 3 is 2.55 bits per heavy atom. The third-order valence-electron chi connectivity index (χ3n) is 2.60. The largest absolute Gasteiger partial charge is 0.480 e. The first-order chi connectivity index (χ1) is 4.77. The van der Waals surface area contributed by atoms with Gasteiger partial charge < -0.3 is 5.11 Å². The predicted octanol–water partition coefficient (Wildman–Crippen LogP) is 0.587. The number of fused-ring (bicyclic) bond motifs is 2. The maximum absolute atomic E-state index is 10.5. The van der Waals surface area contributed by atoms with E-state index in [4.69, 9.17) is 5.11 Å². The Labute approximate surface area is 71.8 Å². The molecule has 2 bridgehead atoms. The van der Waals surface area contributed by atoms with Crippen molar-refractivity contribution in [2.24, 2.45) is 5.92 Å². The van der Waals surface area contributed by atoms with Gasteiger partial charge in [0.15, 0.2) is 0 Å². The van der Waals surface area contributed by atoms with Crippen molar-refractivity contribution in [3.63, 3.8) is 0 Å². The van der Waals surface area contributed by atoms with E-state index >= 15 is 0 Å². The lowest BCUT2D eigenvalue weighted by Crippen LogP contribution is -2.36. The summed E-state index contributed by atoms with van der Waals surface area (Å²) in [7, 11) is 0. The highest BCUT2D eigenvalue weighted by Crippen LogP contribution is 2.32. The van der Waals surface area contributed by atoms with Gasteiger partial charge in [0.25, 0.3) is 0 Å². The van der Waals surface area contributed by atoms with Crippen LogP contribution in [0, 0.1) is 5.92 Å². The van der Waals surface area contributed by atoms with Gasteiger partial charge in [-0.2, -0.15) is 0 Å². The summed E-state index contributed by atoms with van der Waals surface area (Å²) >= 11 is 0. The first kappa shape index (κ1) is 8.81. The molecule has 2 saturated heterocycles. The molecule has 0 radical (unpaired) electrons. The number of nitrogens with zero attached hydrogens (tertiary/aromatic N) is 1. The summed E-state index contributed by atoms with van der Waals surface area (Å²) in [6.07, 6.45) is 2.10. The smallest absolute Gasteiger partial charge is 0.320 e. The van der Waals surface area contributed by atoms with E-state index < -0.39 is 5.97 Å². The van der Waals surface area contributed by atoms with Crippen LogP contribution in [0.5, 0.6) is 0 Å². The minimum atomic E-state index is -0.637. The Bertz CT molecular complexity index is 174. The van der Waals surface area contributed by atoms with Gasteiger partial charge in [-0.25, -0.2) is 0 Å². The Balaban J connectivity index is 0.000000605. The van der Waals surface area contributed by atoms with E-state index in [1.807, 2.05) is 0 Å². The number of halogens is 1. The summed E-state index contributed by atoms with van der Waals surface area (Å²) in [4.78, 5) is 12.6. The van der Waals surface area contributed by atoms with E-state index in [-0.39, 0.29) is 18.4 Å². The molecule has 0 amide bonds. The first-order valence-corrected chi connectivity index (χ1v) is 3.74. The van der Waals surface area contributed by atoms with Gasteiger partial charge in [0.2, 0.25) is 0 Å². The van der Waals surface area contributed by atoms with E-state index in [0.29, 0.717) is 5.92 Å². The minimum Gasteiger partial charge on any atom is -0.480 e. The summed E-state index contributed by atoms with van der Waals surface area (Å²) in [5.74, 6) is 0.0447. The molecule has 4 heteroatoms. The third-order valence-corrected chi connectivity index (χ3v) is 2.60. The van der Waals surface area contributed by atoms with Gasteiger partial charge in [-0.05, 0) is 25.3 Å². The molecule has 0 saturated carbocycles. The highest BCUT2D eigenvalue weighted by Gasteiger charge is 2.40. The molecule has 2 aliphatic heterocycles. The lowest BCUT2D eigenvalue weighted by molar-refractivity contribution is -0.142. The molecule has 0 aromatic rings. The summed E-state index contributed by atoms with van der Waals surface area (Å²) in [5.41, 5.74) is 0. The topological polar surface area (TPSA) is 40.5 Å². The molecule has 64 valence electrons. The van der Waals surface area contributed by atoms with Gasteiger partial charge in [-0.1, -0.05) is 0 Å². The van der Waals surface area contributed by atoms with Crippen LogP contribution in [0.1, 0.15) is 12.8 Å². The average molecular weight is 178 g/mol. The molecule has 0 aromatic heterocycles. The second kappa shape index (κ2) is 2.99. The number of carbonyl (C=O) groups is 1. The molecular weight excluding hydrogens is 166 g/mol. The van der Waals surface area contributed by atoms with E-state index in [9.17, 15) is 4.79 Å². The SMILES string of the molecule is Cl.O=C(O)C1CC2CCN1C2. The van der Waals surface area contributed by atoms with Crippen LogP contribution in [-0.2, 0) is 4.79 Å². The summed E-state index contributed by atoms with van der Waals surface area (Å²) < 4.78 is 0. The van der Waals surface area contributed by atoms with Crippen LogP contribution in [0.25, 0.3) is 0 Å². The fourth-order valence-electron chi connectivity index (χ4n) is 2.06. The summed E-state index contributed by atoms with van der Waals surface area (Å²) in [6.45, 7) is 2.03. The first-order valence-electron chi connectivity index (χ1n) is 3.74. The van der Waals surface area contributed by atoms with Crippen LogP contribution in [0.15, 0.2) is 0 Å². The van der Waals surface area contributed by atoms with Crippen molar-refractivity contribution in [2.45, 2.75) is 18.9 Å². The molecule has 0 spiro atoms. The van der Waals surface area contributed by atoms with Crippen LogP contribution < -0.4 is 0 Å².